The molecule has 1 aromatic rings. The van der Waals surface area contributed by atoms with Gasteiger partial charge in [-0.1, -0.05) is 37.5 Å². The van der Waals surface area contributed by atoms with E-state index in [2.05, 4.69) is 0 Å². The summed E-state index contributed by atoms with van der Waals surface area (Å²) in [5.41, 5.74) is 0.989. The van der Waals surface area contributed by atoms with E-state index in [-0.39, 0.29) is 17.7 Å². The molecule has 2 aliphatic heterocycles. The van der Waals surface area contributed by atoms with Crippen molar-refractivity contribution < 1.29 is 14.3 Å². The molecule has 0 aromatic heterocycles. The van der Waals surface area contributed by atoms with Gasteiger partial charge in [-0.2, -0.15) is 0 Å². The molecule has 5 heteroatoms. The van der Waals surface area contributed by atoms with Crippen LogP contribution in [0.5, 0.6) is 5.75 Å². The molecule has 0 bridgehead atoms. The van der Waals surface area contributed by atoms with Gasteiger partial charge in [0.25, 0.3) is 0 Å². The van der Waals surface area contributed by atoms with E-state index in [1.165, 1.54) is 19.3 Å². The summed E-state index contributed by atoms with van der Waals surface area (Å²) in [6.07, 6.45) is 7.05. The SMILES string of the molecule is COc1ccccc1CN1C[C@@H](C(=O)N2CCCCCCC2)CCC1=O. The van der Waals surface area contributed by atoms with Crippen LogP contribution in [0.3, 0.4) is 0 Å². The minimum absolute atomic E-state index is 0.0677. The smallest absolute Gasteiger partial charge is 0.227 e. The Hall–Kier alpha value is -2.04. The number of piperidine rings is 1. The molecular formula is C21H30N2O3. The van der Waals surface area contributed by atoms with E-state index < -0.39 is 0 Å². The van der Waals surface area contributed by atoms with Crippen LogP contribution in [-0.2, 0) is 16.1 Å². The number of methoxy groups -OCH3 is 1. The van der Waals surface area contributed by atoms with Crippen molar-refractivity contribution in [3.8, 4) is 5.75 Å². The van der Waals surface area contributed by atoms with Crippen molar-refractivity contribution in [2.45, 2.75) is 51.5 Å². The fourth-order valence-corrected chi connectivity index (χ4v) is 4.03. The molecule has 0 unspecified atom stereocenters. The largest absolute Gasteiger partial charge is 0.496 e. The Balaban J connectivity index is 1.65. The molecule has 2 amide bonds. The number of ether oxygens (including phenoxy) is 1. The summed E-state index contributed by atoms with van der Waals surface area (Å²) in [7, 11) is 1.64. The maximum atomic E-state index is 13.0. The normalized spacial score (nSPS) is 21.9. The standard InChI is InChI=1S/C21H30N2O3/c1-26-19-10-6-5-9-17(19)15-23-16-18(11-12-20(23)24)21(25)22-13-7-3-2-4-8-14-22/h5-6,9-10,18H,2-4,7-8,11-16H2,1H3/t18-/m0/s1. The molecule has 0 N–H and O–H groups in total. The van der Waals surface area contributed by atoms with Crippen molar-refractivity contribution in [3.05, 3.63) is 29.8 Å². The van der Waals surface area contributed by atoms with Crippen molar-refractivity contribution in [1.82, 2.24) is 9.80 Å². The van der Waals surface area contributed by atoms with Crippen molar-refractivity contribution in [2.24, 2.45) is 5.92 Å². The molecule has 3 rings (SSSR count). The second-order valence-electron chi connectivity index (χ2n) is 7.41. The molecule has 0 saturated carbocycles. The third-order valence-electron chi connectivity index (χ3n) is 5.57. The maximum absolute atomic E-state index is 13.0. The van der Waals surface area contributed by atoms with E-state index in [1.807, 2.05) is 34.1 Å². The summed E-state index contributed by atoms with van der Waals surface area (Å²) in [6.45, 7) is 2.77. The van der Waals surface area contributed by atoms with Gasteiger partial charge in [0, 0.05) is 38.2 Å². The van der Waals surface area contributed by atoms with Gasteiger partial charge >= 0.3 is 0 Å². The summed E-state index contributed by atoms with van der Waals surface area (Å²) in [5, 5.41) is 0. The number of hydrogen-bond acceptors (Lipinski definition) is 3. The molecule has 0 radical (unpaired) electrons. The zero-order valence-corrected chi connectivity index (χ0v) is 15.8. The first-order chi connectivity index (χ1) is 12.7. The lowest BCUT2D eigenvalue weighted by atomic mass is 9.94. The van der Waals surface area contributed by atoms with E-state index >= 15 is 0 Å². The molecule has 0 aliphatic carbocycles. The molecule has 1 atom stereocenters. The lowest BCUT2D eigenvalue weighted by molar-refractivity contribution is -0.143. The quantitative estimate of drug-likeness (QED) is 0.830. The highest BCUT2D eigenvalue weighted by Gasteiger charge is 2.33. The van der Waals surface area contributed by atoms with E-state index in [0.29, 0.717) is 25.9 Å². The molecular weight excluding hydrogens is 328 g/mol. The first-order valence-electron chi connectivity index (χ1n) is 9.87. The van der Waals surface area contributed by atoms with Crippen molar-refractivity contribution in [3.63, 3.8) is 0 Å². The Kier molecular flexibility index (Phi) is 6.53. The summed E-state index contributed by atoms with van der Waals surface area (Å²) < 4.78 is 5.40. The molecule has 5 nitrogen and oxygen atoms in total. The number of benzene rings is 1. The van der Waals surface area contributed by atoms with Gasteiger partial charge in [-0.15, -0.1) is 0 Å². The Morgan fingerprint density at radius 1 is 1.12 bits per heavy atom. The van der Waals surface area contributed by atoms with Crippen LogP contribution in [0.15, 0.2) is 24.3 Å². The lowest BCUT2D eigenvalue weighted by Crippen LogP contribution is -2.47. The number of rotatable bonds is 4. The second kappa shape index (κ2) is 9.06. The molecule has 2 saturated heterocycles. The summed E-state index contributed by atoms with van der Waals surface area (Å²) >= 11 is 0. The van der Waals surface area contributed by atoms with E-state index in [0.717, 1.165) is 37.2 Å². The van der Waals surface area contributed by atoms with Crippen molar-refractivity contribution >= 4 is 11.8 Å². The summed E-state index contributed by atoms with van der Waals surface area (Å²) in [6, 6.07) is 7.77. The van der Waals surface area contributed by atoms with Gasteiger partial charge in [0.1, 0.15) is 5.75 Å². The van der Waals surface area contributed by atoms with Gasteiger partial charge in [-0.05, 0) is 25.3 Å². The predicted octanol–water partition coefficient (Wildman–Crippen LogP) is 3.23. The van der Waals surface area contributed by atoms with Crippen LogP contribution in [0.2, 0.25) is 0 Å². The van der Waals surface area contributed by atoms with Crippen LogP contribution in [0.25, 0.3) is 0 Å². The van der Waals surface area contributed by atoms with Gasteiger partial charge < -0.3 is 14.5 Å². The predicted molar refractivity (Wildman–Crippen MR) is 101 cm³/mol. The number of amides is 2. The van der Waals surface area contributed by atoms with Crippen LogP contribution in [0.1, 0.15) is 50.5 Å². The van der Waals surface area contributed by atoms with Crippen LogP contribution in [-0.4, -0.2) is 48.4 Å². The first-order valence-corrected chi connectivity index (χ1v) is 9.87. The van der Waals surface area contributed by atoms with Crippen LogP contribution in [0, 0.1) is 5.92 Å². The minimum Gasteiger partial charge on any atom is -0.496 e. The van der Waals surface area contributed by atoms with Gasteiger partial charge in [0.05, 0.1) is 13.0 Å². The Bertz CT molecular complexity index is 623. The highest BCUT2D eigenvalue weighted by atomic mass is 16.5. The molecule has 0 spiro atoms. The Labute approximate surface area is 156 Å². The Morgan fingerprint density at radius 3 is 2.54 bits per heavy atom. The number of likely N-dealkylation sites (tertiary alicyclic amines) is 2. The highest BCUT2D eigenvalue weighted by Crippen LogP contribution is 2.25. The van der Waals surface area contributed by atoms with E-state index in [1.54, 1.807) is 7.11 Å². The average Bonchev–Trinajstić information content (AvgIpc) is 2.63. The summed E-state index contributed by atoms with van der Waals surface area (Å²) in [5.74, 6) is 1.09. The van der Waals surface area contributed by atoms with Gasteiger partial charge in [-0.3, -0.25) is 9.59 Å². The number of nitrogens with zero attached hydrogens (tertiary/aromatic N) is 2. The molecule has 1 aromatic carbocycles. The lowest BCUT2D eigenvalue weighted by Gasteiger charge is -2.35. The van der Waals surface area contributed by atoms with Gasteiger partial charge in [-0.25, -0.2) is 0 Å². The number of carbonyl (C=O) groups is 2. The van der Waals surface area contributed by atoms with Gasteiger partial charge in [0.15, 0.2) is 0 Å². The minimum atomic E-state index is -0.0677. The molecule has 2 aliphatic rings. The second-order valence-corrected chi connectivity index (χ2v) is 7.41. The fraction of sp³-hybridized carbons (Fsp3) is 0.619. The number of hydrogen-bond donors (Lipinski definition) is 0. The van der Waals surface area contributed by atoms with Gasteiger partial charge in [0.2, 0.25) is 11.8 Å². The highest BCUT2D eigenvalue weighted by molar-refractivity contribution is 5.84. The molecule has 26 heavy (non-hydrogen) atoms. The first kappa shape index (κ1) is 18.7. The monoisotopic (exact) mass is 358 g/mol. The molecule has 142 valence electrons. The topological polar surface area (TPSA) is 49.9 Å². The van der Waals surface area contributed by atoms with E-state index in [4.69, 9.17) is 4.74 Å². The van der Waals surface area contributed by atoms with Crippen LogP contribution >= 0.6 is 0 Å². The molecule has 2 heterocycles. The van der Waals surface area contributed by atoms with Crippen LogP contribution in [0.4, 0.5) is 0 Å². The summed E-state index contributed by atoms with van der Waals surface area (Å²) in [4.78, 5) is 29.3. The number of para-hydroxylation sites is 1. The van der Waals surface area contributed by atoms with Crippen molar-refractivity contribution in [2.75, 3.05) is 26.7 Å². The number of carbonyl (C=O) groups excluding carboxylic acids is 2. The van der Waals surface area contributed by atoms with E-state index in [9.17, 15) is 9.59 Å². The third-order valence-corrected chi connectivity index (χ3v) is 5.57. The average molecular weight is 358 g/mol. The zero-order valence-electron chi connectivity index (χ0n) is 15.8. The molecule has 2 fully saturated rings. The van der Waals surface area contributed by atoms with Crippen LogP contribution < -0.4 is 4.74 Å². The third kappa shape index (κ3) is 4.57. The fourth-order valence-electron chi connectivity index (χ4n) is 4.03. The Morgan fingerprint density at radius 2 is 1.81 bits per heavy atom. The zero-order chi connectivity index (χ0) is 18.4. The maximum Gasteiger partial charge on any atom is 0.227 e. The van der Waals surface area contributed by atoms with Crippen molar-refractivity contribution in [1.29, 1.82) is 0 Å².